The monoisotopic (exact) mass is 323 g/mol. The van der Waals surface area contributed by atoms with Crippen LogP contribution in [0.1, 0.15) is 10.4 Å². The first kappa shape index (κ1) is 15.2. The highest BCUT2D eigenvalue weighted by atomic mass is 16.3. The molecule has 0 radical (unpaired) electrons. The maximum absolute atomic E-state index is 12.1. The number of nitrogens with one attached hydrogen (secondary N) is 3. The molecule has 2 aromatic carbocycles. The highest BCUT2D eigenvalue weighted by molar-refractivity contribution is 6.03. The van der Waals surface area contributed by atoms with Crippen LogP contribution in [0.3, 0.4) is 0 Å². The van der Waals surface area contributed by atoms with Crippen molar-refractivity contribution in [2.75, 3.05) is 10.6 Å². The van der Waals surface area contributed by atoms with Gasteiger partial charge in [-0.05, 0) is 30.3 Å². The summed E-state index contributed by atoms with van der Waals surface area (Å²) in [5, 5.41) is 14.7. The molecule has 1 aromatic heterocycles. The first-order valence-electron chi connectivity index (χ1n) is 7.01. The molecule has 0 atom stereocenters. The van der Waals surface area contributed by atoms with Crippen molar-refractivity contribution in [3.63, 3.8) is 0 Å². The zero-order valence-corrected chi connectivity index (χ0v) is 12.4. The van der Waals surface area contributed by atoms with Crippen molar-refractivity contribution in [2.45, 2.75) is 0 Å². The van der Waals surface area contributed by atoms with E-state index in [0.29, 0.717) is 0 Å². The van der Waals surface area contributed by atoms with Crippen LogP contribution in [0.2, 0.25) is 0 Å². The van der Waals surface area contributed by atoms with E-state index in [2.05, 4.69) is 25.6 Å². The standard InChI is InChI=1S/C16H13N5O3/c22-12-8-4-5-10(9-12)13(23)18-15-19-14(20-16(24)21-15)17-11-6-2-1-3-7-11/h1-9,22H,(H3,17,18,19,20,21,23,24). The van der Waals surface area contributed by atoms with E-state index in [0.717, 1.165) is 5.69 Å². The van der Waals surface area contributed by atoms with Gasteiger partial charge in [0.2, 0.25) is 11.9 Å². The lowest BCUT2D eigenvalue weighted by Gasteiger charge is -2.07. The van der Waals surface area contributed by atoms with Crippen LogP contribution in [0.5, 0.6) is 5.75 Å². The minimum atomic E-state index is -0.658. The minimum Gasteiger partial charge on any atom is -0.508 e. The predicted octanol–water partition coefficient (Wildman–Crippen LogP) is 1.87. The number of phenolic OH excluding ortho intramolecular Hbond substituents is 1. The van der Waals surface area contributed by atoms with Crippen molar-refractivity contribution < 1.29 is 9.90 Å². The summed E-state index contributed by atoms with van der Waals surface area (Å²) in [6.45, 7) is 0. The van der Waals surface area contributed by atoms with Crippen LogP contribution in [-0.2, 0) is 0 Å². The van der Waals surface area contributed by atoms with E-state index in [4.69, 9.17) is 0 Å². The van der Waals surface area contributed by atoms with Gasteiger partial charge in [-0.3, -0.25) is 15.1 Å². The van der Waals surface area contributed by atoms with Crippen molar-refractivity contribution in [3.8, 4) is 5.75 Å². The second-order valence-electron chi connectivity index (χ2n) is 4.82. The number of phenols is 1. The molecule has 0 aliphatic heterocycles. The molecular formula is C16H13N5O3. The van der Waals surface area contributed by atoms with Gasteiger partial charge in [-0.15, -0.1) is 0 Å². The highest BCUT2D eigenvalue weighted by Gasteiger charge is 2.10. The van der Waals surface area contributed by atoms with Gasteiger partial charge in [-0.1, -0.05) is 24.3 Å². The van der Waals surface area contributed by atoms with Crippen molar-refractivity contribution in [2.24, 2.45) is 0 Å². The number of anilines is 3. The van der Waals surface area contributed by atoms with E-state index in [9.17, 15) is 14.7 Å². The first-order valence-corrected chi connectivity index (χ1v) is 7.01. The van der Waals surface area contributed by atoms with Gasteiger partial charge in [-0.25, -0.2) is 4.79 Å². The Morgan fingerprint density at radius 2 is 1.83 bits per heavy atom. The Morgan fingerprint density at radius 1 is 1.04 bits per heavy atom. The van der Waals surface area contributed by atoms with Gasteiger partial charge in [-0.2, -0.15) is 9.97 Å². The molecule has 0 saturated carbocycles. The molecule has 0 saturated heterocycles. The predicted molar refractivity (Wildman–Crippen MR) is 88.4 cm³/mol. The second kappa shape index (κ2) is 6.61. The molecule has 0 fully saturated rings. The van der Waals surface area contributed by atoms with Crippen LogP contribution >= 0.6 is 0 Å². The van der Waals surface area contributed by atoms with E-state index in [1.54, 1.807) is 12.1 Å². The molecule has 0 aliphatic rings. The normalized spacial score (nSPS) is 10.2. The summed E-state index contributed by atoms with van der Waals surface area (Å²) in [6, 6.07) is 14.9. The number of aromatic nitrogens is 3. The SMILES string of the molecule is O=C(Nc1nc(Nc2ccccc2)[nH]c(=O)n1)c1cccc(O)c1. The summed E-state index contributed by atoms with van der Waals surface area (Å²) >= 11 is 0. The molecule has 1 heterocycles. The van der Waals surface area contributed by atoms with Crippen LogP contribution in [-0.4, -0.2) is 26.0 Å². The van der Waals surface area contributed by atoms with Crippen molar-refractivity contribution in [1.29, 1.82) is 0 Å². The smallest absolute Gasteiger partial charge is 0.351 e. The summed E-state index contributed by atoms with van der Waals surface area (Å²) < 4.78 is 0. The number of benzene rings is 2. The number of amides is 1. The van der Waals surface area contributed by atoms with E-state index < -0.39 is 11.6 Å². The summed E-state index contributed by atoms with van der Waals surface area (Å²) in [5.41, 5.74) is 0.281. The Bertz CT molecular complexity index is 924. The van der Waals surface area contributed by atoms with Crippen molar-refractivity contribution in [3.05, 3.63) is 70.6 Å². The van der Waals surface area contributed by atoms with E-state index in [1.807, 2.05) is 18.2 Å². The number of aromatic amines is 1. The molecular weight excluding hydrogens is 310 g/mol. The number of aromatic hydroxyl groups is 1. The van der Waals surface area contributed by atoms with Crippen LogP contribution in [0.4, 0.5) is 17.6 Å². The Labute approximate surface area is 136 Å². The fraction of sp³-hybridized carbons (Fsp3) is 0. The van der Waals surface area contributed by atoms with Crippen LogP contribution in [0, 0.1) is 0 Å². The number of nitrogens with zero attached hydrogens (tertiary/aromatic N) is 2. The summed E-state index contributed by atoms with van der Waals surface area (Å²) in [5.74, 6) is -0.582. The molecule has 8 nitrogen and oxygen atoms in total. The van der Waals surface area contributed by atoms with Gasteiger partial charge in [0.1, 0.15) is 5.75 Å². The maximum Gasteiger partial charge on any atom is 0.351 e. The number of carbonyl (C=O) groups excluding carboxylic acids is 1. The average Bonchev–Trinajstić information content (AvgIpc) is 2.55. The summed E-state index contributed by atoms with van der Waals surface area (Å²) in [6.07, 6.45) is 0. The Kier molecular flexibility index (Phi) is 4.19. The molecule has 3 aromatic rings. The number of rotatable bonds is 4. The number of carbonyl (C=O) groups is 1. The minimum absolute atomic E-state index is 0.0408. The van der Waals surface area contributed by atoms with E-state index in [1.165, 1.54) is 24.3 Å². The Hall–Kier alpha value is -3.68. The third-order valence-corrected chi connectivity index (χ3v) is 3.02. The fourth-order valence-corrected chi connectivity index (χ4v) is 1.98. The molecule has 4 N–H and O–H groups in total. The number of hydrogen-bond donors (Lipinski definition) is 4. The molecule has 120 valence electrons. The topological polar surface area (TPSA) is 120 Å². The largest absolute Gasteiger partial charge is 0.508 e. The van der Waals surface area contributed by atoms with Crippen molar-refractivity contribution >= 4 is 23.5 Å². The van der Waals surface area contributed by atoms with Crippen LogP contribution < -0.4 is 16.3 Å². The third-order valence-electron chi connectivity index (χ3n) is 3.02. The molecule has 0 aliphatic carbocycles. The molecule has 0 unspecified atom stereocenters. The average molecular weight is 323 g/mol. The Morgan fingerprint density at radius 3 is 2.58 bits per heavy atom. The molecule has 1 amide bonds. The fourth-order valence-electron chi connectivity index (χ4n) is 1.98. The number of hydrogen-bond acceptors (Lipinski definition) is 6. The molecule has 0 spiro atoms. The number of H-pyrrole nitrogens is 1. The second-order valence-corrected chi connectivity index (χ2v) is 4.82. The van der Waals surface area contributed by atoms with E-state index >= 15 is 0 Å². The third kappa shape index (κ3) is 3.74. The molecule has 3 rings (SSSR count). The quantitative estimate of drug-likeness (QED) is 0.582. The van der Waals surface area contributed by atoms with E-state index in [-0.39, 0.29) is 23.2 Å². The van der Waals surface area contributed by atoms with Gasteiger partial charge in [0.05, 0.1) is 0 Å². The molecule has 24 heavy (non-hydrogen) atoms. The van der Waals surface area contributed by atoms with Gasteiger partial charge in [0.15, 0.2) is 0 Å². The van der Waals surface area contributed by atoms with Crippen molar-refractivity contribution in [1.82, 2.24) is 15.0 Å². The van der Waals surface area contributed by atoms with Gasteiger partial charge in [0.25, 0.3) is 5.91 Å². The summed E-state index contributed by atoms with van der Waals surface area (Å²) in [4.78, 5) is 33.8. The number of para-hydroxylation sites is 1. The highest BCUT2D eigenvalue weighted by Crippen LogP contribution is 2.13. The Balaban J connectivity index is 1.81. The van der Waals surface area contributed by atoms with Gasteiger partial charge >= 0.3 is 5.69 Å². The lowest BCUT2D eigenvalue weighted by atomic mass is 10.2. The molecule has 0 bridgehead atoms. The van der Waals surface area contributed by atoms with Crippen LogP contribution in [0.15, 0.2) is 59.4 Å². The zero-order valence-electron chi connectivity index (χ0n) is 12.4. The van der Waals surface area contributed by atoms with Gasteiger partial charge < -0.3 is 10.4 Å². The van der Waals surface area contributed by atoms with Gasteiger partial charge in [0, 0.05) is 11.3 Å². The summed E-state index contributed by atoms with van der Waals surface area (Å²) in [7, 11) is 0. The maximum atomic E-state index is 12.1. The van der Waals surface area contributed by atoms with Crippen LogP contribution in [0.25, 0.3) is 0 Å². The lowest BCUT2D eigenvalue weighted by molar-refractivity contribution is 0.102. The molecule has 8 heteroatoms. The lowest BCUT2D eigenvalue weighted by Crippen LogP contribution is -2.21. The zero-order chi connectivity index (χ0) is 16.9. The first-order chi connectivity index (χ1) is 11.6.